The first-order valence-corrected chi connectivity index (χ1v) is 8.63. The van der Waals surface area contributed by atoms with Crippen molar-refractivity contribution in [2.45, 2.75) is 45.4 Å². The van der Waals surface area contributed by atoms with E-state index in [0.717, 1.165) is 31.9 Å². The van der Waals surface area contributed by atoms with E-state index in [2.05, 4.69) is 33.6 Å². The van der Waals surface area contributed by atoms with E-state index in [4.69, 9.17) is 0 Å². The minimum atomic E-state index is 0.870. The van der Waals surface area contributed by atoms with Gasteiger partial charge in [0.25, 0.3) is 0 Å². The molecule has 1 aliphatic carbocycles. The quantitative estimate of drug-likeness (QED) is 0.482. The Balaban J connectivity index is 1.62. The SMILES string of the molecule is CN=C(NCCC1=CCCCC1)NCCc1ncc(C)s1. The highest BCUT2D eigenvalue weighted by Crippen LogP contribution is 2.19. The first-order valence-electron chi connectivity index (χ1n) is 7.81. The van der Waals surface area contributed by atoms with Gasteiger partial charge >= 0.3 is 0 Å². The van der Waals surface area contributed by atoms with Gasteiger partial charge in [-0.1, -0.05) is 11.6 Å². The molecule has 21 heavy (non-hydrogen) atoms. The molecule has 5 heteroatoms. The Hall–Kier alpha value is -1.36. The van der Waals surface area contributed by atoms with E-state index in [9.17, 15) is 0 Å². The van der Waals surface area contributed by atoms with E-state index in [1.165, 1.54) is 35.6 Å². The van der Waals surface area contributed by atoms with Gasteiger partial charge in [0.15, 0.2) is 5.96 Å². The van der Waals surface area contributed by atoms with Crippen LogP contribution in [0, 0.1) is 6.92 Å². The van der Waals surface area contributed by atoms with Gasteiger partial charge in [-0.3, -0.25) is 4.99 Å². The molecule has 2 rings (SSSR count). The number of nitrogens with zero attached hydrogens (tertiary/aromatic N) is 2. The number of hydrogen-bond acceptors (Lipinski definition) is 3. The summed E-state index contributed by atoms with van der Waals surface area (Å²) in [7, 11) is 1.82. The van der Waals surface area contributed by atoms with Gasteiger partial charge in [-0.25, -0.2) is 4.98 Å². The van der Waals surface area contributed by atoms with Crippen LogP contribution < -0.4 is 10.6 Å². The minimum Gasteiger partial charge on any atom is -0.356 e. The first kappa shape index (κ1) is 16.0. The highest BCUT2D eigenvalue weighted by Gasteiger charge is 2.04. The van der Waals surface area contributed by atoms with Gasteiger partial charge in [-0.2, -0.15) is 0 Å². The largest absolute Gasteiger partial charge is 0.356 e. The molecule has 0 radical (unpaired) electrons. The zero-order chi connectivity index (χ0) is 14.9. The van der Waals surface area contributed by atoms with Gasteiger partial charge in [-0.05, 0) is 39.0 Å². The Kier molecular flexibility index (Phi) is 6.73. The smallest absolute Gasteiger partial charge is 0.191 e. The molecule has 0 bridgehead atoms. The number of allylic oxidation sites excluding steroid dienone is 1. The lowest BCUT2D eigenvalue weighted by atomic mass is 9.97. The van der Waals surface area contributed by atoms with Gasteiger partial charge in [0.05, 0.1) is 5.01 Å². The zero-order valence-electron chi connectivity index (χ0n) is 13.1. The molecule has 0 aliphatic heterocycles. The van der Waals surface area contributed by atoms with Crippen molar-refractivity contribution >= 4 is 17.3 Å². The summed E-state index contributed by atoms with van der Waals surface area (Å²) < 4.78 is 0. The fraction of sp³-hybridized carbons (Fsp3) is 0.625. The van der Waals surface area contributed by atoms with E-state index in [-0.39, 0.29) is 0 Å². The Labute approximate surface area is 131 Å². The van der Waals surface area contributed by atoms with Crippen LogP contribution in [0.15, 0.2) is 22.8 Å². The molecule has 2 N–H and O–H groups in total. The zero-order valence-corrected chi connectivity index (χ0v) is 13.9. The maximum atomic E-state index is 4.37. The van der Waals surface area contributed by atoms with Crippen LogP contribution in [0.25, 0.3) is 0 Å². The maximum absolute atomic E-state index is 4.37. The molecule has 0 saturated carbocycles. The van der Waals surface area contributed by atoms with Crippen molar-refractivity contribution in [2.24, 2.45) is 4.99 Å². The molecule has 0 amide bonds. The van der Waals surface area contributed by atoms with Crippen molar-refractivity contribution < 1.29 is 0 Å². The van der Waals surface area contributed by atoms with Gasteiger partial charge in [0.1, 0.15) is 0 Å². The number of hydrogen-bond donors (Lipinski definition) is 2. The Morgan fingerprint density at radius 2 is 2.10 bits per heavy atom. The van der Waals surface area contributed by atoms with E-state index in [1.807, 2.05) is 13.2 Å². The van der Waals surface area contributed by atoms with E-state index in [1.54, 1.807) is 16.9 Å². The predicted octanol–water partition coefficient (Wildman–Crippen LogP) is 3.05. The Morgan fingerprint density at radius 1 is 1.29 bits per heavy atom. The lowest BCUT2D eigenvalue weighted by Gasteiger charge is -2.15. The summed E-state index contributed by atoms with van der Waals surface area (Å²) in [4.78, 5) is 9.91. The van der Waals surface area contributed by atoms with E-state index in [0.29, 0.717) is 0 Å². The van der Waals surface area contributed by atoms with Crippen molar-refractivity contribution in [1.29, 1.82) is 0 Å². The second kappa shape index (κ2) is 8.82. The summed E-state index contributed by atoms with van der Waals surface area (Å²) in [5.74, 6) is 0.889. The summed E-state index contributed by atoms with van der Waals surface area (Å²) in [5, 5.41) is 7.92. The average Bonchev–Trinajstić information content (AvgIpc) is 2.92. The van der Waals surface area contributed by atoms with Crippen LogP contribution in [0.3, 0.4) is 0 Å². The molecule has 4 nitrogen and oxygen atoms in total. The standard InChI is InChI=1S/C16H26N4S/c1-13-12-20-15(21-13)9-11-19-16(17-2)18-10-8-14-6-4-3-5-7-14/h6,12H,3-5,7-11H2,1-2H3,(H2,17,18,19). The first-order chi connectivity index (χ1) is 10.3. The lowest BCUT2D eigenvalue weighted by molar-refractivity contribution is 0.665. The van der Waals surface area contributed by atoms with Crippen LogP contribution in [0.4, 0.5) is 0 Å². The number of aryl methyl sites for hydroxylation is 1. The second-order valence-corrected chi connectivity index (χ2v) is 6.72. The number of rotatable bonds is 6. The summed E-state index contributed by atoms with van der Waals surface area (Å²) in [6, 6.07) is 0. The summed E-state index contributed by atoms with van der Waals surface area (Å²) in [5.41, 5.74) is 1.60. The van der Waals surface area contributed by atoms with Gasteiger partial charge in [0.2, 0.25) is 0 Å². The van der Waals surface area contributed by atoms with Crippen molar-refractivity contribution in [2.75, 3.05) is 20.1 Å². The van der Waals surface area contributed by atoms with Gasteiger partial charge in [0, 0.05) is 37.6 Å². The van der Waals surface area contributed by atoms with Crippen LogP contribution in [-0.4, -0.2) is 31.1 Å². The van der Waals surface area contributed by atoms with Gasteiger partial charge in [-0.15, -0.1) is 11.3 Å². The van der Waals surface area contributed by atoms with Crippen LogP contribution in [0.5, 0.6) is 0 Å². The monoisotopic (exact) mass is 306 g/mol. The number of aliphatic imine (C=N–C) groups is 1. The highest BCUT2D eigenvalue weighted by atomic mass is 32.1. The fourth-order valence-corrected chi connectivity index (χ4v) is 3.29. The molecular formula is C16H26N4S. The van der Waals surface area contributed by atoms with Crippen molar-refractivity contribution in [3.05, 3.63) is 27.7 Å². The third kappa shape index (κ3) is 5.87. The number of nitrogens with one attached hydrogen (secondary N) is 2. The Morgan fingerprint density at radius 3 is 2.71 bits per heavy atom. The topological polar surface area (TPSA) is 49.3 Å². The number of guanidine groups is 1. The molecule has 116 valence electrons. The van der Waals surface area contributed by atoms with Crippen molar-refractivity contribution in [3.63, 3.8) is 0 Å². The molecule has 0 unspecified atom stereocenters. The van der Waals surface area contributed by atoms with E-state index < -0.39 is 0 Å². The van der Waals surface area contributed by atoms with Crippen LogP contribution in [-0.2, 0) is 6.42 Å². The lowest BCUT2D eigenvalue weighted by Crippen LogP contribution is -2.38. The Bertz CT molecular complexity index is 490. The predicted molar refractivity (Wildman–Crippen MR) is 91.1 cm³/mol. The van der Waals surface area contributed by atoms with Crippen LogP contribution in [0.1, 0.15) is 42.0 Å². The molecular weight excluding hydrogens is 280 g/mol. The van der Waals surface area contributed by atoms with E-state index >= 15 is 0 Å². The molecule has 1 aliphatic rings. The molecule has 1 heterocycles. The van der Waals surface area contributed by atoms with Crippen molar-refractivity contribution in [3.8, 4) is 0 Å². The number of aromatic nitrogens is 1. The normalized spacial score (nSPS) is 15.7. The third-order valence-electron chi connectivity index (χ3n) is 3.65. The van der Waals surface area contributed by atoms with Gasteiger partial charge < -0.3 is 10.6 Å². The fourth-order valence-electron chi connectivity index (χ4n) is 2.50. The molecule has 1 aromatic rings. The molecule has 0 atom stereocenters. The van der Waals surface area contributed by atoms with Crippen LogP contribution >= 0.6 is 11.3 Å². The molecule has 0 saturated heterocycles. The molecule has 0 spiro atoms. The van der Waals surface area contributed by atoms with Crippen LogP contribution in [0.2, 0.25) is 0 Å². The maximum Gasteiger partial charge on any atom is 0.191 e. The second-order valence-electron chi connectivity index (χ2n) is 5.40. The summed E-state index contributed by atoms with van der Waals surface area (Å²) in [6.45, 7) is 3.92. The minimum absolute atomic E-state index is 0.870. The molecule has 0 aromatic carbocycles. The highest BCUT2D eigenvalue weighted by molar-refractivity contribution is 7.11. The summed E-state index contributed by atoms with van der Waals surface area (Å²) in [6.07, 6.45) is 11.7. The average molecular weight is 306 g/mol. The molecule has 1 aromatic heterocycles. The molecule has 0 fully saturated rings. The summed E-state index contributed by atoms with van der Waals surface area (Å²) >= 11 is 1.76. The van der Waals surface area contributed by atoms with Crippen molar-refractivity contribution in [1.82, 2.24) is 15.6 Å². The number of thiazole rings is 1. The third-order valence-corrected chi connectivity index (χ3v) is 4.62.